The van der Waals surface area contributed by atoms with Gasteiger partial charge in [-0.25, -0.2) is 14.7 Å². The molecule has 0 radical (unpaired) electrons. The Morgan fingerprint density at radius 3 is 2.53 bits per heavy atom. The van der Waals surface area contributed by atoms with Gasteiger partial charge in [0.1, 0.15) is 0 Å². The van der Waals surface area contributed by atoms with Gasteiger partial charge < -0.3 is 5.32 Å². The second-order valence-electron chi connectivity index (χ2n) is 5.48. The van der Waals surface area contributed by atoms with Crippen molar-refractivity contribution in [2.75, 3.05) is 0 Å². The molecule has 1 aliphatic heterocycles. The minimum Gasteiger partial charge on any atom is -0.352 e. The van der Waals surface area contributed by atoms with Crippen LogP contribution in [0.25, 0.3) is 0 Å². The normalized spacial score (nSPS) is 18.8. The molecule has 104 valence electrons. The zero-order valence-electron chi connectivity index (χ0n) is 11.3. The van der Waals surface area contributed by atoms with Crippen molar-refractivity contribution in [1.29, 1.82) is 0 Å². The molecule has 2 rings (SSSR count). The Kier molecular flexibility index (Phi) is 3.21. The van der Waals surface area contributed by atoms with E-state index in [1.54, 1.807) is 0 Å². The molecule has 0 bridgehead atoms. The standard InChI is InChI=1S/C11H17N5O2S/c1-7(11(2,3)4)14-10-15-8-9(13-6-5-12-8)19(17,18)16-10/h5-7H,1-4H3,(H2,12,14,15,16). The number of fused-ring (bicyclic) bond motifs is 1. The lowest BCUT2D eigenvalue weighted by Crippen LogP contribution is -2.50. The van der Waals surface area contributed by atoms with Gasteiger partial charge >= 0.3 is 0 Å². The van der Waals surface area contributed by atoms with Crippen LogP contribution in [0.3, 0.4) is 0 Å². The predicted octanol–water partition coefficient (Wildman–Crippen LogP) is 0.780. The lowest BCUT2D eigenvalue weighted by Gasteiger charge is -2.30. The van der Waals surface area contributed by atoms with E-state index in [1.807, 2.05) is 6.92 Å². The van der Waals surface area contributed by atoms with Crippen LogP contribution in [-0.4, -0.2) is 30.4 Å². The van der Waals surface area contributed by atoms with Crippen molar-refractivity contribution in [2.45, 2.75) is 38.8 Å². The summed E-state index contributed by atoms with van der Waals surface area (Å²) in [5, 5.41) is 2.90. The number of rotatable bonds is 1. The number of nitrogens with zero attached hydrogens (tertiary/aromatic N) is 3. The van der Waals surface area contributed by atoms with Gasteiger partial charge in [-0.3, -0.25) is 0 Å². The van der Waals surface area contributed by atoms with E-state index in [2.05, 4.69) is 45.8 Å². The van der Waals surface area contributed by atoms with Crippen molar-refractivity contribution >= 4 is 21.8 Å². The molecule has 1 unspecified atom stereocenters. The predicted molar refractivity (Wildman–Crippen MR) is 71.5 cm³/mol. The van der Waals surface area contributed by atoms with Crippen molar-refractivity contribution in [3.05, 3.63) is 12.4 Å². The smallest absolute Gasteiger partial charge is 0.285 e. The Morgan fingerprint density at radius 1 is 1.26 bits per heavy atom. The highest BCUT2D eigenvalue weighted by molar-refractivity contribution is 7.90. The molecular weight excluding hydrogens is 266 g/mol. The van der Waals surface area contributed by atoms with E-state index in [1.165, 1.54) is 12.4 Å². The van der Waals surface area contributed by atoms with Gasteiger partial charge in [0.2, 0.25) is 11.0 Å². The molecule has 0 saturated heterocycles. The Morgan fingerprint density at radius 2 is 1.89 bits per heavy atom. The van der Waals surface area contributed by atoms with Crippen molar-refractivity contribution in [1.82, 2.24) is 20.0 Å². The van der Waals surface area contributed by atoms with Gasteiger partial charge in [0.25, 0.3) is 10.0 Å². The van der Waals surface area contributed by atoms with Crippen molar-refractivity contribution in [3.8, 4) is 0 Å². The summed E-state index contributed by atoms with van der Waals surface area (Å²) in [5.41, 5.74) is -0.0311. The van der Waals surface area contributed by atoms with E-state index >= 15 is 0 Å². The van der Waals surface area contributed by atoms with E-state index in [9.17, 15) is 8.42 Å². The minimum absolute atomic E-state index is 0.0311. The summed E-state index contributed by atoms with van der Waals surface area (Å²) in [7, 11) is -3.70. The second-order valence-corrected chi connectivity index (χ2v) is 7.08. The third kappa shape index (κ3) is 2.83. The number of aliphatic imine (C=N–C) groups is 1. The average Bonchev–Trinajstić information content (AvgIpc) is 2.26. The molecule has 1 aliphatic rings. The number of nitrogens with one attached hydrogen (secondary N) is 2. The van der Waals surface area contributed by atoms with Gasteiger partial charge in [0, 0.05) is 18.4 Å². The van der Waals surface area contributed by atoms with Crippen molar-refractivity contribution < 1.29 is 8.42 Å². The molecule has 7 nitrogen and oxygen atoms in total. The summed E-state index contributed by atoms with van der Waals surface area (Å²) < 4.78 is 26.3. The molecule has 8 heteroatoms. The topological polar surface area (TPSA) is 96.3 Å². The van der Waals surface area contributed by atoms with Gasteiger partial charge in [-0.05, 0) is 12.3 Å². The zero-order chi connectivity index (χ0) is 14.3. The summed E-state index contributed by atoms with van der Waals surface area (Å²) >= 11 is 0. The van der Waals surface area contributed by atoms with Crippen LogP contribution in [0.5, 0.6) is 0 Å². The maximum Gasteiger partial charge on any atom is 0.285 e. The van der Waals surface area contributed by atoms with Gasteiger partial charge in [0.05, 0.1) is 0 Å². The highest BCUT2D eigenvalue weighted by Gasteiger charge is 2.30. The first-order chi connectivity index (χ1) is 8.70. The molecule has 1 atom stereocenters. The Labute approximate surface area is 112 Å². The summed E-state index contributed by atoms with van der Waals surface area (Å²) in [4.78, 5) is 11.8. The fraction of sp³-hybridized carbons (Fsp3) is 0.545. The highest BCUT2D eigenvalue weighted by Crippen LogP contribution is 2.23. The van der Waals surface area contributed by atoms with Gasteiger partial charge in [0.15, 0.2) is 5.82 Å². The van der Waals surface area contributed by atoms with Crippen LogP contribution in [0, 0.1) is 5.41 Å². The molecular formula is C11H17N5O2S. The summed E-state index contributed by atoms with van der Waals surface area (Å²) in [6, 6.07) is 0.0344. The molecule has 1 aromatic heterocycles. The maximum atomic E-state index is 12.0. The molecule has 0 spiro atoms. The van der Waals surface area contributed by atoms with Gasteiger partial charge in [-0.2, -0.15) is 13.4 Å². The first-order valence-corrected chi connectivity index (χ1v) is 7.37. The fourth-order valence-electron chi connectivity index (χ4n) is 1.37. The SMILES string of the molecule is CC(NC1=Nc2nccnc2S(=O)(=O)N1)C(C)(C)C. The van der Waals surface area contributed by atoms with Crippen LogP contribution in [0.1, 0.15) is 27.7 Å². The Hall–Kier alpha value is -1.70. The second kappa shape index (κ2) is 4.44. The van der Waals surface area contributed by atoms with Crippen LogP contribution >= 0.6 is 0 Å². The van der Waals surface area contributed by atoms with E-state index in [4.69, 9.17) is 0 Å². The number of aromatic nitrogens is 2. The van der Waals surface area contributed by atoms with Crippen LogP contribution in [-0.2, 0) is 10.0 Å². The molecule has 0 saturated carbocycles. The van der Waals surface area contributed by atoms with Crippen LogP contribution in [0.4, 0.5) is 5.82 Å². The molecule has 0 aromatic carbocycles. The largest absolute Gasteiger partial charge is 0.352 e. The minimum atomic E-state index is -3.70. The lowest BCUT2D eigenvalue weighted by atomic mass is 9.88. The lowest BCUT2D eigenvalue weighted by molar-refractivity contribution is 0.315. The number of hydrogen-bond donors (Lipinski definition) is 2. The number of hydrogen-bond acceptors (Lipinski definition) is 6. The Balaban J connectivity index is 2.34. The van der Waals surface area contributed by atoms with Crippen LogP contribution in [0.2, 0.25) is 0 Å². The van der Waals surface area contributed by atoms with Gasteiger partial charge in [-0.1, -0.05) is 20.8 Å². The first kappa shape index (κ1) is 13.7. The third-order valence-electron chi connectivity index (χ3n) is 3.00. The fourth-order valence-corrected chi connectivity index (χ4v) is 2.37. The maximum absolute atomic E-state index is 12.0. The van der Waals surface area contributed by atoms with Crippen LogP contribution < -0.4 is 10.0 Å². The van der Waals surface area contributed by atoms with E-state index < -0.39 is 10.0 Å². The molecule has 0 aliphatic carbocycles. The van der Waals surface area contributed by atoms with Gasteiger partial charge in [-0.15, -0.1) is 0 Å². The van der Waals surface area contributed by atoms with E-state index in [0.717, 1.165) is 0 Å². The van der Waals surface area contributed by atoms with E-state index in [0.29, 0.717) is 0 Å². The third-order valence-corrected chi connectivity index (χ3v) is 4.26. The first-order valence-electron chi connectivity index (χ1n) is 5.89. The number of sulfonamides is 1. The van der Waals surface area contributed by atoms with Crippen LogP contribution in [0.15, 0.2) is 22.4 Å². The number of guanidine groups is 1. The average molecular weight is 283 g/mol. The monoisotopic (exact) mass is 283 g/mol. The highest BCUT2D eigenvalue weighted by atomic mass is 32.2. The van der Waals surface area contributed by atoms with Crippen molar-refractivity contribution in [2.24, 2.45) is 10.4 Å². The summed E-state index contributed by atoms with van der Waals surface area (Å²) in [6.07, 6.45) is 2.73. The molecule has 1 aromatic rings. The molecule has 0 amide bonds. The Bertz CT molecular complexity index is 618. The molecule has 2 N–H and O–H groups in total. The summed E-state index contributed by atoms with van der Waals surface area (Å²) in [5.74, 6) is 0.278. The molecule has 2 heterocycles. The molecule has 0 fully saturated rings. The molecule has 19 heavy (non-hydrogen) atoms. The summed E-state index contributed by atoms with van der Waals surface area (Å²) in [6.45, 7) is 8.12. The van der Waals surface area contributed by atoms with Crippen molar-refractivity contribution in [3.63, 3.8) is 0 Å². The van der Waals surface area contributed by atoms with E-state index in [-0.39, 0.29) is 28.3 Å². The quantitative estimate of drug-likeness (QED) is 0.794. The zero-order valence-corrected chi connectivity index (χ0v) is 12.1.